The van der Waals surface area contributed by atoms with Crippen molar-refractivity contribution in [2.75, 3.05) is 19.7 Å². The Bertz CT molecular complexity index is 566. The first-order valence-corrected chi connectivity index (χ1v) is 7.80. The van der Waals surface area contributed by atoms with Crippen LogP contribution in [0.5, 0.6) is 0 Å². The molecule has 2 rings (SSSR count). The second-order valence-electron chi connectivity index (χ2n) is 5.17. The Morgan fingerprint density at radius 1 is 1.45 bits per heavy atom. The van der Waals surface area contributed by atoms with Crippen LogP contribution in [0.3, 0.4) is 0 Å². The van der Waals surface area contributed by atoms with Crippen LogP contribution >= 0.6 is 15.9 Å². The van der Waals surface area contributed by atoms with Gasteiger partial charge in [0.25, 0.3) is 0 Å². The molecule has 1 aromatic rings. The zero-order valence-electron chi connectivity index (χ0n) is 11.9. The Morgan fingerprint density at radius 3 is 2.91 bits per heavy atom. The summed E-state index contributed by atoms with van der Waals surface area (Å²) in [6, 6.07) is 4.76. The molecular formula is C15H17BrFNO4. The molecule has 7 heteroatoms. The van der Waals surface area contributed by atoms with Gasteiger partial charge in [-0.05, 0) is 24.1 Å². The number of rotatable bonds is 5. The monoisotopic (exact) mass is 373 g/mol. The second kappa shape index (κ2) is 7.69. The van der Waals surface area contributed by atoms with E-state index < -0.39 is 12.1 Å². The summed E-state index contributed by atoms with van der Waals surface area (Å²) >= 11 is 3.19. The molecule has 1 heterocycles. The van der Waals surface area contributed by atoms with Crippen molar-refractivity contribution in [3.63, 3.8) is 0 Å². The molecule has 120 valence electrons. The van der Waals surface area contributed by atoms with Crippen molar-refractivity contribution in [2.24, 2.45) is 0 Å². The summed E-state index contributed by atoms with van der Waals surface area (Å²) < 4.78 is 19.7. The van der Waals surface area contributed by atoms with E-state index in [-0.39, 0.29) is 31.1 Å². The highest BCUT2D eigenvalue weighted by Gasteiger charge is 2.25. The highest BCUT2D eigenvalue weighted by atomic mass is 79.9. The molecule has 5 nitrogen and oxygen atoms in total. The number of benzene rings is 1. The summed E-state index contributed by atoms with van der Waals surface area (Å²) in [4.78, 5) is 24.5. The van der Waals surface area contributed by atoms with E-state index in [2.05, 4.69) is 15.9 Å². The number of aryl methyl sites for hydroxylation is 1. The molecule has 0 aliphatic carbocycles. The smallest absolute Gasteiger partial charge is 0.306 e. The summed E-state index contributed by atoms with van der Waals surface area (Å²) in [5.41, 5.74) is 0.492. The van der Waals surface area contributed by atoms with Crippen molar-refractivity contribution in [1.82, 2.24) is 4.90 Å². The van der Waals surface area contributed by atoms with Crippen LogP contribution in [0, 0.1) is 5.82 Å². The molecule has 0 bridgehead atoms. The number of carbonyl (C=O) groups is 2. The van der Waals surface area contributed by atoms with Crippen molar-refractivity contribution in [2.45, 2.75) is 25.4 Å². The average molecular weight is 374 g/mol. The largest absolute Gasteiger partial charge is 0.481 e. The molecule has 1 saturated heterocycles. The van der Waals surface area contributed by atoms with E-state index in [0.717, 1.165) is 0 Å². The number of nitrogens with zero attached hydrogens (tertiary/aromatic N) is 1. The van der Waals surface area contributed by atoms with E-state index in [1.807, 2.05) is 0 Å². The molecule has 0 radical (unpaired) electrons. The normalized spacial score (nSPS) is 18.3. The van der Waals surface area contributed by atoms with E-state index in [4.69, 9.17) is 9.84 Å². The van der Waals surface area contributed by atoms with Crippen LogP contribution in [0.15, 0.2) is 22.7 Å². The van der Waals surface area contributed by atoms with Gasteiger partial charge in [-0.2, -0.15) is 0 Å². The lowest BCUT2D eigenvalue weighted by Gasteiger charge is -2.32. The highest BCUT2D eigenvalue weighted by molar-refractivity contribution is 9.10. The van der Waals surface area contributed by atoms with Crippen molar-refractivity contribution in [3.05, 3.63) is 34.1 Å². The van der Waals surface area contributed by atoms with E-state index >= 15 is 0 Å². The molecular weight excluding hydrogens is 357 g/mol. The maximum atomic E-state index is 13.7. The zero-order chi connectivity index (χ0) is 16.1. The first-order chi connectivity index (χ1) is 10.5. The van der Waals surface area contributed by atoms with E-state index in [1.54, 1.807) is 17.0 Å². The van der Waals surface area contributed by atoms with Gasteiger partial charge in [-0.25, -0.2) is 4.39 Å². The van der Waals surface area contributed by atoms with Gasteiger partial charge in [0, 0.05) is 24.0 Å². The quantitative estimate of drug-likeness (QED) is 0.859. The molecule has 0 aromatic heterocycles. The maximum absolute atomic E-state index is 13.7. The number of hydrogen-bond acceptors (Lipinski definition) is 3. The first kappa shape index (κ1) is 16.9. The fraction of sp³-hybridized carbons (Fsp3) is 0.467. The van der Waals surface area contributed by atoms with Gasteiger partial charge in [-0.1, -0.05) is 22.0 Å². The van der Waals surface area contributed by atoms with Gasteiger partial charge in [0.15, 0.2) is 0 Å². The van der Waals surface area contributed by atoms with Gasteiger partial charge >= 0.3 is 5.97 Å². The van der Waals surface area contributed by atoms with Crippen molar-refractivity contribution in [1.29, 1.82) is 0 Å². The molecule has 1 atom stereocenters. The predicted octanol–water partition coefficient (Wildman–Crippen LogP) is 2.22. The number of carbonyl (C=O) groups excluding carboxylic acids is 1. The van der Waals surface area contributed by atoms with Gasteiger partial charge in [0.05, 0.1) is 19.1 Å². The Balaban J connectivity index is 1.87. The van der Waals surface area contributed by atoms with Gasteiger partial charge in [-0.3, -0.25) is 9.59 Å². The predicted molar refractivity (Wildman–Crippen MR) is 81.0 cm³/mol. The van der Waals surface area contributed by atoms with Crippen LogP contribution in [-0.2, 0) is 20.7 Å². The number of amides is 1. The molecule has 0 unspecified atom stereocenters. The number of morpholine rings is 1. The van der Waals surface area contributed by atoms with Crippen molar-refractivity contribution in [3.8, 4) is 0 Å². The van der Waals surface area contributed by atoms with Crippen LogP contribution < -0.4 is 0 Å². The van der Waals surface area contributed by atoms with Gasteiger partial charge in [0.1, 0.15) is 5.82 Å². The van der Waals surface area contributed by atoms with Gasteiger partial charge < -0.3 is 14.7 Å². The summed E-state index contributed by atoms with van der Waals surface area (Å²) in [6.07, 6.45) is -0.0813. The second-order valence-corrected chi connectivity index (χ2v) is 6.08. The summed E-state index contributed by atoms with van der Waals surface area (Å²) in [5, 5.41) is 8.77. The van der Waals surface area contributed by atoms with Crippen molar-refractivity contribution < 1.29 is 23.8 Å². The zero-order valence-corrected chi connectivity index (χ0v) is 13.5. The fourth-order valence-corrected chi connectivity index (χ4v) is 2.72. The lowest BCUT2D eigenvalue weighted by atomic mass is 10.1. The molecule has 1 N–H and O–H groups in total. The minimum absolute atomic E-state index is 0.110. The number of ether oxygens (including phenoxy) is 1. The first-order valence-electron chi connectivity index (χ1n) is 7.01. The molecule has 0 spiro atoms. The number of aliphatic carboxylic acids is 1. The molecule has 0 saturated carbocycles. The average Bonchev–Trinajstić information content (AvgIpc) is 2.45. The third-order valence-electron chi connectivity index (χ3n) is 3.52. The Labute approximate surface area is 136 Å². The number of carboxylic acids is 1. The highest BCUT2D eigenvalue weighted by Crippen LogP contribution is 2.17. The van der Waals surface area contributed by atoms with Gasteiger partial charge in [-0.15, -0.1) is 0 Å². The maximum Gasteiger partial charge on any atom is 0.306 e. The fourth-order valence-electron chi connectivity index (χ4n) is 2.39. The van der Waals surface area contributed by atoms with Gasteiger partial charge in [0.2, 0.25) is 5.91 Å². The summed E-state index contributed by atoms with van der Waals surface area (Å²) in [7, 11) is 0. The standard InChI is InChI=1S/C15H17BrFNO4/c16-11-3-1-10(13(17)7-11)2-4-14(19)18-5-6-22-12(9-18)8-15(20)21/h1,3,7,12H,2,4-6,8-9H2,(H,20,21)/t12-/m1/s1. The molecule has 1 aliphatic rings. The minimum Gasteiger partial charge on any atom is -0.481 e. The van der Waals surface area contributed by atoms with Crippen LogP contribution in [-0.4, -0.2) is 47.7 Å². The van der Waals surface area contributed by atoms with E-state index in [9.17, 15) is 14.0 Å². The molecule has 1 fully saturated rings. The Hall–Kier alpha value is -1.47. The summed E-state index contributed by atoms with van der Waals surface area (Å²) in [5.74, 6) is -1.40. The third-order valence-corrected chi connectivity index (χ3v) is 4.01. The van der Waals surface area contributed by atoms with Crippen LogP contribution in [0.1, 0.15) is 18.4 Å². The lowest BCUT2D eigenvalue weighted by Crippen LogP contribution is -2.46. The number of halogens is 2. The summed E-state index contributed by atoms with van der Waals surface area (Å²) in [6.45, 7) is 1.04. The lowest BCUT2D eigenvalue weighted by molar-refractivity contribution is -0.147. The Kier molecular flexibility index (Phi) is 5.90. The third kappa shape index (κ3) is 4.78. The topological polar surface area (TPSA) is 66.8 Å². The minimum atomic E-state index is -0.948. The SMILES string of the molecule is O=C(O)C[C@@H]1CN(C(=O)CCc2ccc(Br)cc2F)CCO1. The van der Waals surface area contributed by atoms with Crippen LogP contribution in [0.2, 0.25) is 0 Å². The molecule has 22 heavy (non-hydrogen) atoms. The molecule has 1 aromatic carbocycles. The van der Waals surface area contributed by atoms with Crippen LogP contribution in [0.25, 0.3) is 0 Å². The van der Waals surface area contributed by atoms with Crippen molar-refractivity contribution >= 4 is 27.8 Å². The molecule has 1 amide bonds. The number of hydrogen-bond donors (Lipinski definition) is 1. The van der Waals surface area contributed by atoms with E-state index in [1.165, 1.54) is 6.07 Å². The number of carboxylic acid groups (broad SMARTS) is 1. The van der Waals surface area contributed by atoms with Crippen LogP contribution in [0.4, 0.5) is 4.39 Å². The Morgan fingerprint density at radius 2 is 2.23 bits per heavy atom. The molecule has 1 aliphatic heterocycles. The van der Waals surface area contributed by atoms with E-state index in [0.29, 0.717) is 29.6 Å².